The van der Waals surface area contributed by atoms with Crippen molar-refractivity contribution < 1.29 is 9.53 Å². The predicted octanol–water partition coefficient (Wildman–Crippen LogP) is 3.57. The van der Waals surface area contributed by atoms with Gasteiger partial charge in [-0.2, -0.15) is 5.10 Å². The third-order valence-electron chi connectivity index (χ3n) is 2.69. The van der Waals surface area contributed by atoms with E-state index in [4.69, 9.17) is 33.7 Å². The van der Waals surface area contributed by atoms with E-state index >= 15 is 0 Å². The van der Waals surface area contributed by atoms with Gasteiger partial charge < -0.3 is 10.5 Å². The number of hydrazone groups is 1. The Balaban J connectivity index is 2.02. The minimum absolute atomic E-state index is 0.316. The van der Waals surface area contributed by atoms with Crippen molar-refractivity contribution in [3.63, 3.8) is 0 Å². The smallest absolute Gasteiger partial charge is 0.332 e. The lowest BCUT2D eigenvalue weighted by atomic mass is 10.2. The van der Waals surface area contributed by atoms with Gasteiger partial charge in [0.05, 0.1) is 11.2 Å². The van der Waals surface area contributed by atoms with Gasteiger partial charge in [-0.15, -0.1) is 0 Å². The zero-order chi connectivity index (χ0) is 15.9. The van der Waals surface area contributed by atoms with E-state index in [9.17, 15) is 4.79 Å². The molecule has 0 aliphatic rings. The fourth-order valence-electron chi connectivity index (χ4n) is 1.66. The number of carbonyl (C=O) groups is 1. The maximum absolute atomic E-state index is 10.5. The maximum Gasteiger partial charge on any atom is 0.332 e. The summed E-state index contributed by atoms with van der Waals surface area (Å²) in [4.78, 5) is 10.5. The molecule has 0 saturated carbocycles. The summed E-state index contributed by atoms with van der Waals surface area (Å²) in [5, 5.41) is 4.72. The molecule has 0 unspecified atom stereocenters. The Labute approximate surface area is 137 Å². The molecular weight excluding hydrogens is 325 g/mol. The van der Waals surface area contributed by atoms with Crippen molar-refractivity contribution in [3.8, 4) is 5.75 Å². The largest absolute Gasteiger partial charge is 0.487 e. The topological polar surface area (TPSA) is 76.7 Å². The van der Waals surface area contributed by atoms with Crippen LogP contribution in [0, 0.1) is 0 Å². The van der Waals surface area contributed by atoms with E-state index in [0.717, 1.165) is 5.56 Å². The fourth-order valence-corrected chi connectivity index (χ4v) is 2.09. The van der Waals surface area contributed by atoms with Crippen LogP contribution in [0.2, 0.25) is 10.0 Å². The Kier molecular flexibility index (Phi) is 5.63. The minimum Gasteiger partial charge on any atom is -0.487 e. The normalized spacial score (nSPS) is 10.6. The van der Waals surface area contributed by atoms with Crippen molar-refractivity contribution in [3.05, 3.63) is 63.6 Å². The first-order valence-corrected chi connectivity index (χ1v) is 7.06. The molecule has 114 valence electrons. The average molecular weight is 338 g/mol. The number of primary amides is 1. The average Bonchev–Trinajstić information content (AvgIpc) is 2.47. The number of carbonyl (C=O) groups excluding carboxylic acids is 1. The second-order valence-electron chi connectivity index (χ2n) is 4.30. The van der Waals surface area contributed by atoms with E-state index in [1.807, 2.05) is 18.2 Å². The first-order valence-electron chi connectivity index (χ1n) is 6.30. The van der Waals surface area contributed by atoms with Crippen molar-refractivity contribution in [2.24, 2.45) is 10.8 Å². The molecule has 0 aliphatic heterocycles. The maximum atomic E-state index is 10.5. The number of benzene rings is 2. The highest BCUT2D eigenvalue weighted by Crippen LogP contribution is 2.26. The molecule has 3 N–H and O–H groups in total. The predicted molar refractivity (Wildman–Crippen MR) is 87.5 cm³/mol. The Bertz CT molecular complexity index is 705. The van der Waals surface area contributed by atoms with Crippen LogP contribution in [0.25, 0.3) is 0 Å². The third kappa shape index (κ3) is 4.65. The second kappa shape index (κ2) is 7.68. The molecule has 0 spiro atoms. The van der Waals surface area contributed by atoms with Crippen LogP contribution >= 0.6 is 23.2 Å². The highest BCUT2D eigenvalue weighted by Gasteiger charge is 2.05. The Morgan fingerprint density at radius 2 is 2.00 bits per heavy atom. The van der Waals surface area contributed by atoms with Crippen LogP contribution in [0.4, 0.5) is 4.79 Å². The molecule has 0 aromatic heterocycles. The van der Waals surface area contributed by atoms with Crippen molar-refractivity contribution in [1.29, 1.82) is 0 Å². The highest BCUT2D eigenvalue weighted by atomic mass is 35.5. The van der Waals surface area contributed by atoms with Gasteiger partial charge in [-0.1, -0.05) is 41.4 Å². The minimum atomic E-state index is -0.734. The lowest BCUT2D eigenvalue weighted by Crippen LogP contribution is -2.24. The molecule has 0 heterocycles. The standard InChI is InChI=1S/C15H13Cl2N3O2/c16-12-4-2-1-3-11(12)9-22-14-6-5-10(7-13(14)17)8-19-20-15(18)21/h1-8H,9H2,(H3,18,20,21). The SMILES string of the molecule is NC(=O)NN=Cc1ccc(OCc2ccccc2Cl)c(Cl)c1. The van der Waals surface area contributed by atoms with Crippen LogP contribution < -0.4 is 15.9 Å². The Morgan fingerprint density at radius 3 is 2.68 bits per heavy atom. The number of urea groups is 1. The monoisotopic (exact) mass is 337 g/mol. The fraction of sp³-hybridized carbons (Fsp3) is 0.0667. The molecule has 7 heteroatoms. The highest BCUT2D eigenvalue weighted by molar-refractivity contribution is 6.32. The summed E-state index contributed by atoms with van der Waals surface area (Å²) in [6, 6.07) is 11.8. The molecule has 2 aromatic rings. The van der Waals surface area contributed by atoms with Crippen molar-refractivity contribution >= 4 is 35.4 Å². The summed E-state index contributed by atoms with van der Waals surface area (Å²) >= 11 is 12.2. The third-order valence-corrected chi connectivity index (χ3v) is 3.35. The summed E-state index contributed by atoms with van der Waals surface area (Å²) < 4.78 is 5.65. The lowest BCUT2D eigenvalue weighted by molar-refractivity contribution is 0.249. The van der Waals surface area contributed by atoms with Crippen LogP contribution in [0.5, 0.6) is 5.75 Å². The van der Waals surface area contributed by atoms with Crippen molar-refractivity contribution in [2.75, 3.05) is 0 Å². The second-order valence-corrected chi connectivity index (χ2v) is 5.12. The van der Waals surface area contributed by atoms with Gasteiger partial charge in [0, 0.05) is 10.6 Å². The van der Waals surface area contributed by atoms with Gasteiger partial charge in [0.1, 0.15) is 12.4 Å². The zero-order valence-electron chi connectivity index (χ0n) is 11.4. The number of nitrogens with two attached hydrogens (primary N) is 1. The van der Waals surface area contributed by atoms with Crippen LogP contribution in [0.15, 0.2) is 47.6 Å². The number of amides is 2. The van der Waals surface area contributed by atoms with Crippen LogP contribution in [0.1, 0.15) is 11.1 Å². The Morgan fingerprint density at radius 1 is 1.23 bits per heavy atom. The van der Waals surface area contributed by atoms with Crippen LogP contribution in [-0.2, 0) is 6.61 Å². The molecule has 2 rings (SSSR count). The van der Waals surface area contributed by atoms with Crippen LogP contribution in [-0.4, -0.2) is 12.2 Å². The molecule has 2 aromatic carbocycles. The number of nitrogens with zero attached hydrogens (tertiary/aromatic N) is 1. The molecule has 5 nitrogen and oxygen atoms in total. The summed E-state index contributed by atoms with van der Waals surface area (Å²) in [7, 11) is 0. The number of halogens is 2. The van der Waals surface area contributed by atoms with Crippen molar-refractivity contribution in [2.45, 2.75) is 6.61 Å². The van der Waals surface area contributed by atoms with E-state index in [1.54, 1.807) is 24.3 Å². The van der Waals surface area contributed by atoms with E-state index in [2.05, 4.69) is 10.5 Å². The summed E-state index contributed by atoms with van der Waals surface area (Å²) in [6.07, 6.45) is 1.43. The number of hydrogen-bond acceptors (Lipinski definition) is 3. The summed E-state index contributed by atoms with van der Waals surface area (Å²) in [5.41, 5.74) is 8.57. The van der Waals surface area contributed by atoms with Gasteiger partial charge in [-0.25, -0.2) is 10.2 Å². The molecular formula is C15H13Cl2N3O2. The molecule has 0 fully saturated rings. The van der Waals surface area contributed by atoms with Gasteiger partial charge in [0.25, 0.3) is 0 Å². The van der Waals surface area contributed by atoms with Gasteiger partial charge >= 0.3 is 6.03 Å². The number of hydrogen-bond donors (Lipinski definition) is 2. The van der Waals surface area contributed by atoms with Gasteiger partial charge in [-0.05, 0) is 29.8 Å². The number of rotatable bonds is 5. The molecule has 0 radical (unpaired) electrons. The number of nitrogens with one attached hydrogen (secondary N) is 1. The first-order chi connectivity index (χ1) is 10.6. The van der Waals surface area contributed by atoms with Crippen molar-refractivity contribution in [1.82, 2.24) is 5.43 Å². The van der Waals surface area contributed by atoms with Gasteiger partial charge in [-0.3, -0.25) is 0 Å². The van der Waals surface area contributed by atoms with E-state index in [0.29, 0.717) is 28.0 Å². The number of ether oxygens (including phenoxy) is 1. The Hall–Kier alpha value is -2.24. The summed E-state index contributed by atoms with van der Waals surface area (Å²) in [6.45, 7) is 0.316. The van der Waals surface area contributed by atoms with E-state index < -0.39 is 6.03 Å². The quantitative estimate of drug-likeness (QED) is 0.646. The molecule has 0 atom stereocenters. The van der Waals surface area contributed by atoms with Gasteiger partial charge in [0.15, 0.2) is 0 Å². The van der Waals surface area contributed by atoms with Crippen LogP contribution in [0.3, 0.4) is 0 Å². The first kappa shape index (κ1) is 16.1. The van der Waals surface area contributed by atoms with E-state index in [1.165, 1.54) is 6.21 Å². The molecule has 0 bridgehead atoms. The van der Waals surface area contributed by atoms with Gasteiger partial charge in [0.2, 0.25) is 0 Å². The molecule has 0 saturated heterocycles. The molecule has 2 amide bonds. The molecule has 22 heavy (non-hydrogen) atoms. The summed E-state index contributed by atoms with van der Waals surface area (Å²) in [5.74, 6) is 0.529. The lowest BCUT2D eigenvalue weighted by Gasteiger charge is -2.09. The molecule has 0 aliphatic carbocycles. The zero-order valence-corrected chi connectivity index (χ0v) is 12.9. The van der Waals surface area contributed by atoms with E-state index in [-0.39, 0.29) is 0 Å².